The van der Waals surface area contributed by atoms with E-state index >= 15 is 0 Å². The highest BCUT2D eigenvalue weighted by Crippen LogP contribution is 2.36. The van der Waals surface area contributed by atoms with E-state index in [2.05, 4.69) is 15.0 Å². The number of hydrogen-bond acceptors (Lipinski definition) is 3. The van der Waals surface area contributed by atoms with Crippen molar-refractivity contribution in [3.05, 3.63) is 36.3 Å². The number of halogens is 3. The van der Waals surface area contributed by atoms with E-state index in [1.165, 1.54) is 18.5 Å². The van der Waals surface area contributed by atoms with E-state index in [0.29, 0.717) is 6.07 Å². The smallest absolute Gasteiger partial charge is 0.267 e. The van der Waals surface area contributed by atoms with Gasteiger partial charge < -0.3 is 0 Å². The third-order valence-electron chi connectivity index (χ3n) is 1.98. The lowest BCUT2D eigenvalue weighted by atomic mass is 10.2. The van der Waals surface area contributed by atoms with Crippen molar-refractivity contribution in [1.29, 1.82) is 0 Å². The molecule has 0 amide bonds. The van der Waals surface area contributed by atoms with Crippen LogP contribution < -0.4 is 0 Å². The molecule has 2 rings (SSSR count). The lowest BCUT2D eigenvalue weighted by Crippen LogP contribution is -2.06. The number of nitrogens with zero attached hydrogens (tertiary/aromatic N) is 3. The van der Waals surface area contributed by atoms with Gasteiger partial charge in [-0.25, -0.2) is 15.0 Å². The van der Waals surface area contributed by atoms with Gasteiger partial charge in [-0.3, -0.25) is 5.11 Å². The molecule has 2 aromatic heterocycles. The molecule has 0 aliphatic rings. The Labute approximate surface area is 93.8 Å². The molecule has 0 atom stereocenters. The Morgan fingerprint density at radius 1 is 1.06 bits per heavy atom. The van der Waals surface area contributed by atoms with E-state index in [1.54, 1.807) is 0 Å². The zero-order chi connectivity index (χ0) is 12.5. The Kier molecular flexibility index (Phi) is 2.66. The van der Waals surface area contributed by atoms with Crippen LogP contribution in [0.15, 0.2) is 30.7 Å². The molecule has 0 aliphatic heterocycles. The fourth-order valence-corrected chi connectivity index (χ4v) is 1.23. The summed E-state index contributed by atoms with van der Waals surface area (Å²) in [6.45, 7) is 0. The maximum absolute atomic E-state index is 12.5. The summed E-state index contributed by atoms with van der Waals surface area (Å²) in [5.41, 5.74) is -1.26. The average molecular weight is 240 g/mol. The van der Waals surface area contributed by atoms with Crippen molar-refractivity contribution in [2.45, 2.75) is 6.18 Å². The van der Waals surface area contributed by atoms with Crippen molar-refractivity contribution >= 4 is 0 Å². The predicted molar refractivity (Wildman–Crippen MR) is 50.4 cm³/mol. The first-order valence-corrected chi connectivity index (χ1v) is 4.50. The molecule has 0 saturated heterocycles. The normalized spacial score (nSPS) is 11.5. The molecule has 1 radical (unpaired) electrons. The van der Waals surface area contributed by atoms with Crippen molar-refractivity contribution in [2.24, 2.45) is 0 Å². The predicted octanol–water partition coefficient (Wildman–Crippen LogP) is 2.70. The second kappa shape index (κ2) is 4.00. The Hall–Kier alpha value is -2.18. The summed E-state index contributed by atoms with van der Waals surface area (Å²) >= 11 is 0. The molecule has 0 saturated carbocycles. The number of hydrogen-bond donors (Lipinski definition) is 0. The summed E-state index contributed by atoms with van der Waals surface area (Å²) in [7, 11) is 0. The van der Waals surface area contributed by atoms with Gasteiger partial charge in [-0.15, -0.1) is 0 Å². The van der Waals surface area contributed by atoms with Crippen LogP contribution in [-0.2, 0) is 11.3 Å². The van der Waals surface area contributed by atoms with E-state index in [4.69, 9.17) is 0 Å². The molecule has 2 aromatic rings. The molecule has 0 N–H and O–H groups in total. The largest absolute Gasteiger partial charge is 0.421 e. The van der Waals surface area contributed by atoms with Crippen LogP contribution in [0.2, 0.25) is 0 Å². The highest BCUT2D eigenvalue weighted by molar-refractivity contribution is 5.55. The van der Waals surface area contributed by atoms with Gasteiger partial charge in [-0.2, -0.15) is 13.2 Å². The number of rotatable bonds is 1. The molecule has 7 heteroatoms. The lowest BCUT2D eigenvalue weighted by Gasteiger charge is -2.07. The van der Waals surface area contributed by atoms with E-state index in [-0.39, 0.29) is 11.4 Å². The number of alkyl halides is 3. The first-order chi connectivity index (χ1) is 7.98. The molecule has 0 unspecified atom stereocenters. The molecular weight excluding hydrogens is 235 g/mol. The quantitative estimate of drug-likeness (QED) is 0.769. The molecule has 0 spiro atoms. The third-order valence-corrected chi connectivity index (χ3v) is 1.98. The SMILES string of the molecule is [O]c1ncc(-c2ncccn2)cc1C(F)(F)F. The Bertz CT molecular complexity index is 528. The first-order valence-electron chi connectivity index (χ1n) is 4.50. The van der Waals surface area contributed by atoms with Gasteiger partial charge in [-0.1, -0.05) is 0 Å². The van der Waals surface area contributed by atoms with Crippen LogP contribution in [0.4, 0.5) is 13.2 Å². The van der Waals surface area contributed by atoms with Crippen molar-refractivity contribution in [3.8, 4) is 17.3 Å². The van der Waals surface area contributed by atoms with Crippen LogP contribution in [0.25, 0.3) is 11.4 Å². The van der Waals surface area contributed by atoms with Crippen LogP contribution in [0.3, 0.4) is 0 Å². The standard InChI is InChI=1S/C10H5F3N3O/c11-10(12,13)7-4-6(5-16-9(7)17)8-14-2-1-3-15-8/h1-5H. The number of pyridine rings is 1. The van der Waals surface area contributed by atoms with Crippen molar-refractivity contribution < 1.29 is 18.3 Å². The average Bonchev–Trinajstić information content (AvgIpc) is 2.29. The third kappa shape index (κ3) is 2.32. The van der Waals surface area contributed by atoms with Gasteiger partial charge in [0.05, 0.1) is 0 Å². The Morgan fingerprint density at radius 2 is 1.71 bits per heavy atom. The second-order valence-corrected chi connectivity index (χ2v) is 3.15. The van der Waals surface area contributed by atoms with Crippen LogP contribution in [-0.4, -0.2) is 15.0 Å². The topological polar surface area (TPSA) is 58.6 Å². The molecule has 0 aliphatic carbocycles. The van der Waals surface area contributed by atoms with Gasteiger partial charge in [0.1, 0.15) is 5.56 Å². The number of aromatic nitrogens is 3. The maximum Gasteiger partial charge on any atom is 0.421 e. The monoisotopic (exact) mass is 240 g/mol. The van der Waals surface area contributed by atoms with E-state index in [1.807, 2.05) is 0 Å². The van der Waals surface area contributed by atoms with Crippen LogP contribution in [0.5, 0.6) is 5.88 Å². The van der Waals surface area contributed by atoms with E-state index in [0.717, 1.165) is 6.20 Å². The maximum atomic E-state index is 12.5. The fraction of sp³-hybridized carbons (Fsp3) is 0.100. The lowest BCUT2D eigenvalue weighted by molar-refractivity contribution is -0.139. The minimum atomic E-state index is -4.73. The van der Waals surface area contributed by atoms with E-state index < -0.39 is 17.6 Å². The minimum absolute atomic E-state index is 0.0533. The fourth-order valence-electron chi connectivity index (χ4n) is 1.23. The summed E-state index contributed by atoms with van der Waals surface area (Å²) in [5, 5.41) is 11.0. The zero-order valence-corrected chi connectivity index (χ0v) is 8.27. The molecule has 0 fully saturated rings. The summed E-state index contributed by atoms with van der Waals surface area (Å²) in [6.07, 6.45) is -0.927. The Balaban J connectivity index is 2.53. The highest BCUT2D eigenvalue weighted by Gasteiger charge is 2.36. The molecule has 0 aromatic carbocycles. The Morgan fingerprint density at radius 3 is 2.29 bits per heavy atom. The van der Waals surface area contributed by atoms with Crippen molar-refractivity contribution in [3.63, 3.8) is 0 Å². The van der Waals surface area contributed by atoms with Crippen LogP contribution in [0, 0.1) is 0 Å². The van der Waals surface area contributed by atoms with Gasteiger partial charge in [0.25, 0.3) is 5.88 Å². The zero-order valence-electron chi connectivity index (χ0n) is 8.27. The molecule has 0 bridgehead atoms. The molecular formula is C10H5F3N3O. The summed E-state index contributed by atoms with van der Waals surface area (Å²) in [6, 6.07) is 2.23. The van der Waals surface area contributed by atoms with Crippen molar-refractivity contribution in [1.82, 2.24) is 15.0 Å². The van der Waals surface area contributed by atoms with E-state index in [9.17, 15) is 18.3 Å². The highest BCUT2D eigenvalue weighted by atomic mass is 19.4. The summed E-state index contributed by atoms with van der Waals surface area (Å²) < 4.78 is 37.4. The van der Waals surface area contributed by atoms with Gasteiger partial charge in [0, 0.05) is 24.2 Å². The molecule has 4 nitrogen and oxygen atoms in total. The second-order valence-electron chi connectivity index (χ2n) is 3.15. The van der Waals surface area contributed by atoms with Gasteiger partial charge in [0.2, 0.25) is 0 Å². The minimum Gasteiger partial charge on any atom is -0.267 e. The van der Waals surface area contributed by atoms with Crippen LogP contribution >= 0.6 is 0 Å². The van der Waals surface area contributed by atoms with Gasteiger partial charge in [0.15, 0.2) is 5.82 Å². The van der Waals surface area contributed by atoms with Gasteiger partial charge >= 0.3 is 6.18 Å². The van der Waals surface area contributed by atoms with Gasteiger partial charge in [-0.05, 0) is 12.1 Å². The molecule has 17 heavy (non-hydrogen) atoms. The van der Waals surface area contributed by atoms with Crippen molar-refractivity contribution in [2.75, 3.05) is 0 Å². The first kappa shape index (κ1) is 11.3. The summed E-state index contributed by atoms with van der Waals surface area (Å²) in [4.78, 5) is 10.7. The molecule has 2 heterocycles. The van der Waals surface area contributed by atoms with Crippen LogP contribution in [0.1, 0.15) is 5.56 Å². The summed E-state index contributed by atoms with van der Waals surface area (Å²) in [5.74, 6) is -1.22. The molecule has 87 valence electrons.